The Kier molecular flexibility index (Phi) is 4.99. The minimum atomic E-state index is -0.710. The highest BCUT2D eigenvalue weighted by atomic mass is 16.6. The van der Waals surface area contributed by atoms with Gasteiger partial charge in [0, 0.05) is 17.7 Å². The molecule has 3 aromatic rings. The Balaban J connectivity index is 1.45. The van der Waals surface area contributed by atoms with Crippen molar-refractivity contribution < 1.29 is 23.5 Å². The molecule has 1 amide bonds. The third-order valence-corrected chi connectivity index (χ3v) is 4.65. The normalized spacial score (nSPS) is 13.9. The lowest BCUT2D eigenvalue weighted by Gasteiger charge is -2.17. The standard InChI is InChI=1S/C21H19N3O5/c1-12(19-23-24-20(29-19)13-3-7-16(27-2)8-4-13)28-21(26)15-5-9-17-14(11-15)6-10-18(25)22-17/h3-5,7-9,11-12H,6,10H2,1-2H3,(H,22,25)/t12-/m0/s1. The number of hydrogen-bond acceptors (Lipinski definition) is 7. The van der Waals surface area contributed by atoms with Crippen LogP contribution in [0.2, 0.25) is 0 Å². The van der Waals surface area contributed by atoms with Crippen LogP contribution in [0.5, 0.6) is 5.75 Å². The van der Waals surface area contributed by atoms with Gasteiger partial charge in [0.2, 0.25) is 11.8 Å². The van der Waals surface area contributed by atoms with Crippen LogP contribution in [-0.2, 0) is 16.0 Å². The van der Waals surface area contributed by atoms with Crippen LogP contribution in [0.25, 0.3) is 11.5 Å². The number of fused-ring (bicyclic) bond motifs is 1. The predicted octanol–water partition coefficient (Wildman–Crippen LogP) is 3.55. The summed E-state index contributed by atoms with van der Waals surface area (Å²) in [4.78, 5) is 24.0. The maximum absolute atomic E-state index is 12.5. The first-order valence-corrected chi connectivity index (χ1v) is 9.15. The average molecular weight is 393 g/mol. The molecule has 0 spiro atoms. The van der Waals surface area contributed by atoms with Gasteiger partial charge in [-0.05, 0) is 61.4 Å². The lowest BCUT2D eigenvalue weighted by molar-refractivity contribution is -0.116. The van der Waals surface area contributed by atoms with Crippen molar-refractivity contribution in [3.05, 3.63) is 59.5 Å². The summed E-state index contributed by atoms with van der Waals surface area (Å²) in [6.45, 7) is 1.67. The van der Waals surface area contributed by atoms with Crippen LogP contribution in [0.15, 0.2) is 46.9 Å². The van der Waals surface area contributed by atoms with Crippen molar-refractivity contribution in [3.63, 3.8) is 0 Å². The Labute approximate surface area is 166 Å². The van der Waals surface area contributed by atoms with E-state index in [2.05, 4.69) is 15.5 Å². The number of hydrogen-bond donors (Lipinski definition) is 1. The highest BCUT2D eigenvalue weighted by molar-refractivity contribution is 5.96. The van der Waals surface area contributed by atoms with E-state index in [1.165, 1.54) is 0 Å². The van der Waals surface area contributed by atoms with E-state index in [0.29, 0.717) is 24.3 Å². The lowest BCUT2D eigenvalue weighted by atomic mass is 10.0. The smallest absolute Gasteiger partial charge is 0.338 e. The molecule has 0 saturated carbocycles. The number of ether oxygens (including phenoxy) is 2. The van der Waals surface area contributed by atoms with Gasteiger partial charge in [-0.1, -0.05) is 0 Å². The zero-order chi connectivity index (χ0) is 20.4. The second-order valence-electron chi connectivity index (χ2n) is 6.64. The minimum absolute atomic E-state index is 0.0227. The molecular formula is C21H19N3O5. The summed E-state index contributed by atoms with van der Waals surface area (Å²) in [5, 5.41) is 10.8. The summed E-state index contributed by atoms with van der Waals surface area (Å²) in [6, 6.07) is 12.3. The van der Waals surface area contributed by atoms with E-state index in [4.69, 9.17) is 13.9 Å². The van der Waals surface area contributed by atoms with Gasteiger partial charge >= 0.3 is 5.97 Å². The largest absolute Gasteiger partial charge is 0.497 e. The van der Waals surface area contributed by atoms with Crippen LogP contribution >= 0.6 is 0 Å². The molecule has 0 unspecified atom stereocenters. The Morgan fingerprint density at radius 2 is 1.93 bits per heavy atom. The Morgan fingerprint density at radius 3 is 2.69 bits per heavy atom. The maximum Gasteiger partial charge on any atom is 0.338 e. The lowest BCUT2D eigenvalue weighted by Crippen LogP contribution is -2.19. The molecule has 1 N–H and O–H groups in total. The Morgan fingerprint density at radius 1 is 1.14 bits per heavy atom. The number of carbonyl (C=O) groups is 2. The van der Waals surface area contributed by atoms with Crippen molar-refractivity contribution in [2.75, 3.05) is 12.4 Å². The van der Waals surface area contributed by atoms with E-state index >= 15 is 0 Å². The number of nitrogens with zero attached hydrogens (tertiary/aromatic N) is 2. The number of esters is 1. The second kappa shape index (κ2) is 7.75. The van der Waals surface area contributed by atoms with Gasteiger partial charge in [0.05, 0.1) is 12.7 Å². The fourth-order valence-electron chi connectivity index (χ4n) is 3.04. The molecule has 4 rings (SSSR count). The number of aromatic nitrogens is 2. The monoisotopic (exact) mass is 393 g/mol. The first kappa shape index (κ1) is 18.7. The SMILES string of the molecule is COc1ccc(-c2nnc([C@H](C)OC(=O)c3ccc4c(c3)CCC(=O)N4)o2)cc1. The van der Waals surface area contributed by atoms with Gasteiger partial charge in [-0.15, -0.1) is 10.2 Å². The molecule has 148 valence electrons. The van der Waals surface area contributed by atoms with Crippen molar-refractivity contribution >= 4 is 17.6 Å². The number of benzene rings is 2. The quantitative estimate of drug-likeness (QED) is 0.661. The molecule has 0 aliphatic carbocycles. The predicted molar refractivity (Wildman–Crippen MR) is 104 cm³/mol. The summed E-state index contributed by atoms with van der Waals surface area (Å²) in [5.41, 5.74) is 2.78. The van der Waals surface area contributed by atoms with Crippen LogP contribution in [-0.4, -0.2) is 29.2 Å². The molecule has 8 nitrogen and oxygen atoms in total. The number of carbonyl (C=O) groups excluding carboxylic acids is 2. The molecule has 2 heterocycles. The topological polar surface area (TPSA) is 104 Å². The fraction of sp³-hybridized carbons (Fsp3) is 0.238. The van der Waals surface area contributed by atoms with Crippen LogP contribution in [0.1, 0.15) is 41.3 Å². The van der Waals surface area contributed by atoms with E-state index in [0.717, 1.165) is 22.6 Å². The molecule has 1 aliphatic heterocycles. The Bertz CT molecular complexity index is 1060. The van der Waals surface area contributed by atoms with Gasteiger partial charge < -0.3 is 19.2 Å². The maximum atomic E-state index is 12.5. The minimum Gasteiger partial charge on any atom is -0.497 e. The van der Waals surface area contributed by atoms with E-state index in [9.17, 15) is 9.59 Å². The number of anilines is 1. The summed E-state index contributed by atoms with van der Waals surface area (Å²) in [5.74, 6) is 0.733. The van der Waals surface area contributed by atoms with Gasteiger partial charge in [0.1, 0.15) is 5.75 Å². The van der Waals surface area contributed by atoms with E-state index < -0.39 is 12.1 Å². The molecule has 29 heavy (non-hydrogen) atoms. The molecule has 0 bridgehead atoms. The molecule has 0 radical (unpaired) electrons. The van der Waals surface area contributed by atoms with Crippen LogP contribution in [0, 0.1) is 0 Å². The third-order valence-electron chi connectivity index (χ3n) is 4.65. The van der Waals surface area contributed by atoms with Gasteiger partial charge in [-0.25, -0.2) is 4.79 Å². The van der Waals surface area contributed by atoms with Gasteiger partial charge in [-0.2, -0.15) is 0 Å². The number of aryl methyl sites for hydroxylation is 1. The van der Waals surface area contributed by atoms with E-state index in [1.807, 2.05) is 0 Å². The zero-order valence-electron chi connectivity index (χ0n) is 16.0. The molecule has 8 heteroatoms. The van der Waals surface area contributed by atoms with Crippen molar-refractivity contribution in [1.82, 2.24) is 10.2 Å². The summed E-state index contributed by atoms with van der Waals surface area (Å²) < 4.78 is 16.3. The second-order valence-corrected chi connectivity index (χ2v) is 6.64. The third kappa shape index (κ3) is 3.96. The summed E-state index contributed by atoms with van der Waals surface area (Å²) in [6.07, 6.45) is 0.280. The number of methoxy groups -OCH3 is 1. The first-order valence-electron chi connectivity index (χ1n) is 9.15. The number of rotatable bonds is 5. The number of amides is 1. The highest BCUT2D eigenvalue weighted by Crippen LogP contribution is 2.27. The summed E-state index contributed by atoms with van der Waals surface area (Å²) >= 11 is 0. The molecule has 1 atom stereocenters. The van der Waals surface area contributed by atoms with Gasteiger partial charge in [-0.3, -0.25) is 4.79 Å². The van der Waals surface area contributed by atoms with Gasteiger partial charge in [0.25, 0.3) is 5.89 Å². The van der Waals surface area contributed by atoms with Crippen molar-refractivity contribution in [1.29, 1.82) is 0 Å². The molecule has 0 saturated heterocycles. The average Bonchev–Trinajstić information content (AvgIpc) is 3.24. The summed E-state index contributed by atoms with van der Waals surface area (Å²) in [7, 11) is 1.59. The number of nitrogens with one attached hydrogen (secondary N) is 1. The molecular weight excluding hydrogens is 374 g/mol. The fourth-order valence-corrected chi connectivity index (χ4v) is 3.04. The highest BCUT2D eigenvalue weighted by Gasteiger charge is 2.22. The molecule has 1 aromatic heterocycles. The van der Waals surface area contributed by atoms with Crippen LogP contribution in [0.3, 0.4) is 0 Å². The van der Waals surface area contributed by atoms with Crippen molar-refractivity contribution in [2.24, 2.45) is 0 Å². The first-order chi connectivity index (χ1) is 14.0. The van der Waals surface area contributed by atoms with Crippen LogP contribution in [0.4, 0.5) is 5.69 Å². The molecule has 1 aliphatic rings. The molecule has 2 aromatic carbocycles. The van der Waals surface area contributed by atoms with Crippen molar-refractivity contribution in [2.45, 2.75) is 25.9 Å². The molecule has 0 fully saturated rings. The zero-order valence-corrected chi connectivity index (χ0v) is 16.0. The van der Waals surface area contributed by atoms with Crippen LogP contribution < -0.4 is 10.1 Å². The van der Waals surface area contributed by atoms with E-state index in [-0.39, 0.29) is 11.8 Å². The van der Waals surface area contributed by atoms with Crippen molar-refractivity contribution in [3.8, 4) is 17.2 Å². The van der Waals surface area contributed by atoms with Gasteiger partial charge in [0.15, 0.2) is 6.10 Å². The Hall–Kier alpha value is -3.68. The van der Waals surface area contributed by atoms with E-state index in [1.54, 1.807) is 56.5 Å².